The number of halogens is 2. The van der Waals surface area contributed by atoms with Gasteiger partial charge < -0.3 is 4.74 Å². The monoisotopic (exact) mass is 386 g/mol. The zero-order chi connectivity index (χ0) is 17.7. The summed E-state index contributed by atoms with van der Waals surface area (Å²) in [6, 6.07) is 11.4. The molecule has 0 aliphatic carbocycles. The lowest BCUT2D eigenvalue weighted by molar-refractivity contribution is -0.144. The van der Waals surface area contributed by atoms with Crippen LogP contribution < -0.4 is 0 Å². The van der Waals surface area contributed by atoms with Crippen LogP contribution in [0.25, 0.3) is 0 Å². The third-order valence-corrected chi connectivity index (χ3v) is 5.83. The Morgan fingerprint density at radius 2 is 1.62 bits per heavy atom. The number of rotatable bonds is 6. The van der Waals surface area contributed by atoms with Crippen LogP contribution in [0.5, 0.6) is 0 Å². The third kappa shape index (κ3) is 4.97. The van der Waals surface area contributed by atoms with Crippen molar-refractivity contribution in [1.29, 1.82) is 0 Å². The molecule has 24 heavy (non-hydrogen) atoms. The molecule has 0 heterocycles. The molecule has 0 aliphatic heterocycles. The third-order valence-electron chi connectivity index (χ3n) is 3.39. The second kappa shape index (κ2) is 8.01. The van der Waals surface area contributed by atoms with E-state index in [0.717, 1.165) is 5.56 Å². The first-order chi connectivity index (χ1) is 11.3. The molecule has 0 saturated heterocycles. The van der Waals surface area contributed by atoms with Crippen molar-refractivity contribution in [3.05, 3.63) is 63.6 Å². The first-order valence-electron chi connectivity index (χ1n) is 7.17. The van der Waals surface area contributed by atoms with Crippen LogP contribution in [-0.4, -0.2) is 20.1 Å². The number of hydrogen-bond donors (Lipinski definition) is 0. The number of aryl methyl sites for hydroxylation is 1. The minimum atomic E-state index is -3.52. The zero-order valence-electron chi connectivity index (χ0n) is 13.0. The van der Waals surface area contributed by atoms with Gasteiger partial charge in [0, 0.05) is 15.6 Å². The minimum Gasteiger partial charge on any atom is -0.461 e. The van der Waals surface area contributed by atoms with E-state index in [-0.39, 0.29) is 23.7 Å². The van der Waals surface area contributed by atoms with Crippen LogP contribution in [0.2, 0.25) is 10.0 Å². The number of carbonyl (C=O) groups excluding carboxylic acids is 1. The lowest BCUT2D eigenvalue weighted by Gasteiger charge is -2.09. The summed E-state index contributed by atoms with van der Waals surface area (Å²) in [6.07, 6.45) is -0.238. The van der Waals surface area contributed by atoms with E-state index in [0.29, 0.717) is 15.6 Å². The molecule has 0 unspecified atom stereocenters. The summed E-state index contributed by atoms with van der Waals surface area (Å²) in [5.74, 6) is -0.938. The molecule has 0 spiro atoms. The van der Waals surface area contributed by atoms with Gasteiger partial charge in [0.05, 0.1) is 17.1 Å². The van der Waals surface area contributed by atoms with Gasteiger partial charge in [-0.05, 0) is 31.2 Å². The number of benzene rings is 2. The summed E-state index contributed by atoms with van der Waals surface area (Å²) >= 11 is 12.0. The van der Waals surface area contributed by atoms with E-state index in [1.807, 2.05) is 6.92 Å². The van der Waals surface area contributed by atoms with Crippen molar-refractivity contribution in [1.82, 2.24) is 0 Å². The maximum Gasteiger partial charge on any atom is 0.307 e. The Bertz CT molecular complexity index is 810. The fraction of sp³-hybridized carbons (Fsp3) is 0.235. The van der Waals surface area contributed by atoms with Gasteiger partial charge in [0.1, 0.15) is 6.61 Å². The molecule has 0 N–H and O–H groups in total. The Balaban J connectivity index is 1.92. The molecule has 0 saturated carbocycles. The molecule has 7 heteroatoms. The summed E-state index contributed by atoms with van der Waals surface area (Å²) < 4.78 is 29.4. The molecule has 0 aromatic heterocycles. The van der Waals surface area contributed by atoms with Crippen molar-refractivity contribution >= 4 is 39.0 Å². The molecule has 0 amide bonds. The van der Waals surface area contributed by atoms with Crippen molar-refractivity contribution in [3.8, 4) is 0 Å². The normalized spacial score (nSPS) is 11.3. The van der Waals surface area contributed by atoms with E-state index in [1.165, 1.54) is 12.1 Å². The van der Waals surface area contributed by atoms with Gasteiger partial charge in [-0.1, -0.05) is 47.0 Å². The lowest BCUT2D eigenvalue weighted by atomic mass is 10.2. The molecule has 0 bridgehead atoms. The molecule has 2 aromatic carbocycles. The van der Waals surface area contributed by atoms with Crippen molar-refractivity contribution < 1.29 is 17.9 Å². The fourth-order valence-corrected chi connectivity index (χ4v) is 3.70. The number of esters is 1. The van der Waals surface area contributed by atoms with Crippen LogP contribution >= 0.6 is 23.2 Å². The Kier molecular flexibility index (Phi) is 6.27. The molecular formula is C17H16Cl2O4S. The van der Waals surface area contributed by atoms with Crippen molar-refractivity contribution in [2.45, 2.75) is 24.8 Å². The Labute approximate surface area is 151 Å². The Morgan fingerprint density at radius 1 is 1.04 bits per heavy atom. The first kappa shape index (κ1) is 18.8. The zero-order valence-corrected chi connectivity index (χ0v) is 15.3. The number of hydrogen-bond acceptors (Lipinski definition) is 4. The van der Waals surface area contributed by atoms with Gasteiger partial charge in [-0.2, -0.15) is 0 Å². The molecule has 4 nitrogen and oxygen atoms in total. The van der Waals surface area contributed by atoms with Crippen LogP contribution in [-0.2, 0) is 26.0 Å². The van der Waals surface area contributed by atoms with E-state index < -0.39 is 15.8 Å². The first-order valence-corrected chi connectivity index (χ1v) is 9.58. The fourth-order valence-electron chi connectivity index (χ4n) is 1.98. The molecule has 128 valence electrons. The lowest BCUT2D eigenvalue weighted by Crippen LogP contribution is -2.13. The summed E-state index contributed by atoms with van der Waals surface area (Å²) in [7, 11) is -3.52. The topological polar surface area (TPSA) is 60.4 Å². The summed E-state index contributed by atoms with van der Waals surface area (Å²) in [5, 5.41) is 0.783. The maximum atomic E-state index is 12.2. The average molecular weight is 387 g/mol. The van der Waals surface area contributed by atoms with Gasteiger partial charge in [-0.25, -0.2) is 8.42 Å². The summed E-state index contributed by atoms with van der Waals surface area (Å²) in [5.41, 5.74) is 1.46. The van der Waals surface area contributed by atoms with Gasteiger partial charge in [0.15, 0.2) is 9.84 Å². The van der Waals surface area contributed by atoms with E-state index in [9.17, 15) is 13.2 Å². The molecule has 0 atom stereocenters. The molecule has 0 fully saturated rings. The second-order valence-corrected chi connectivity index (χ2v) is 8.17. The average Bonchev–Trinajstić information content (AvgIpc) is 2.53. The smallest absolute Gasteiger partial charge is 0.307 e. The highest BCUT2D eigenvalue weighted by Gasteiger charge is 2.17. The Hall–Kier alpha value is -1.56. The van der Waals surface area contributed by atoms with Gasteiger partial charge in [0.2, 0.25) is 0 Å². The number of sulfone groups is 1. The van der Waals surface area contributed by atoms with Gasteiger partial charge in [0.25, 0.3) is 0 Å². The molecule has 0 radical (unpaired) electrons. The summed E-state index contributed by atoms with van der Waals surface area (Å²) in [6.45, 7) is 1.77. The predicted molar refractivity (Wildman–Crippen MR) is 94.1 cm³/mol. The van der Waals surface area contributed by atoms with Crippen molar-refractivity contribution in [2.24, 2.45) is 0 Å². The molecule has 2 rings (SSSR count). The van der Waals surface area contributed by atoms with E-state index in [2.05, 4.69) is 0 Å². The Morgan fingerprint density at radius 3 is 2.21 bits per heavy atom. The second-order valence-electron chi connectivity index (χ2n) is 5.24. The number of carbonyl (C=O) groups is 1. The van der Waals surface area contributed by atoms with Crippen molar-refractivity contribution in [2.75, 3.05) is 5.75 Å². The standard InChI is InChI=1S/C17H16Cl2O4S/c1-12-5-7-13(8-6-12)24(21,22)10-9-17(20)23-11-14-15(18)3-2-4-16(14)19/h2-8H,9-11H2,1H3. The summed E-state index contributed by atoms with van der Waals surface area (Å²) in [4.78, 5) is 12.0. The highest BCUT2D eigenvalue weighted by atomic mass is 35.5. The van der Waals surface area contributed by atoms with Crippen LogP contribution in [0.15, 0.2) is 47.4 Å². The highest BCUT2D eigenvalue weighted by molar-refractivity contribution is 7.91. The van der Waals surface area contributed by atoms with Crippen LogP contribution in [0.1, 0.15) is 17.5 Å². The maximum absolute atomic E-state index is 12.2. The largest absolute Gasteiger partial charge is 0.461 e. The van der Waals surface area contributed by atoms with Gasteiger partial charge in [-0.3, -0.25) is 4.79 Å². The number of ether oxygens (including phenoxy) is 1. The molecule has 0 aliphatic rings. The van der Waals surface area contributed by atoms with Gasteiger partial charge >= 0.3 is 5.97 Å². The van der Waals surface area contributed by atoms with Crippen LogP contribution in [0, 0.1) is 6.92 Å². The minimum absolute atomic E-state index is 0.0953. The van der Waals surface area contributed by atoms with E-state index >= 15 is 0 Å². The highest BCUT2D eigenvalue weighted by Crippen LogP contribution is 2.25. The molecule has 2 aromatic rings. The molecular weight excluding hydrogens is 371 g/mol. The van der Waals surface area contributed by atoms with Crippen LogP contribution in [0.3, 0.4) is 0 Å². The van der Waals surface area contributed by atoms with Crippen molar-refractivity contribution in [3.63, 3.8) is 0 Å². The van der Waals surface area contributed by atoms with Gasteiger partial charge in [-0.15, -0.1) is 0 Å². The quantitative estimate of drug-likeness (QED) is 0.697. The van der Waals surface area contributed by atoms with Crippen LogP contribution in [0.4, 0.5) is 0 Å². The predicted octanol–water partition coefficient (Wildman–Crippen LogP) is 4.21. The SMILES string of the molecule is Cc1ccc(S(=O)(=O)CCC(=O)OCc2c(Cl)cccc2Cl)cc1. The van der Waals surface area contributed by atoms with E-state index in [1.54, 1.807) is 30.3 Å². The van der Waals surface area contributed by atoms with E-state index in [4.69, 9.17) is 27.9 Å².